The molecule has 0 bridgehead atoms. The zero-order valence-electron chi connectivity index (χ0n) is 24.7. The molecule has 5 heteroatoms. The largest absolute Gasteiger partial charge is 0.461 e. The molecular weight excluding hydrogens is 552 g/mol. The number of allylic oxidation sites excluding steroid dienone is 2. The van der Waals surface area contributed by atoms with Gasteiger partial charge in [-0.05, 0) is 31.2 Å². The highest BCUT2D eigenvalue weighted by molar-refractivity contribution is 6.09. The molecule has 0 amide bonds. The molecule has 0 radical (unpaired) electrons. The second-order valence-corrected chi connectivity index (χ2v) is 10.9. The second-order valence-electron chi connectivity index (χ2n) is 10.9. The van der Waals surface area contributed by atoms with Gasteiger partial charge in [0.2, 0.25) is 0 Å². The number of benzene rings is 5. The lowest BCUT2D eigenvalue weighted by atomic mass is 10.0. The molecule has 0 fully saturated rings. The van der Waals surface area contributed by atoms with E-state index < -0.39 is 0 Å². The Morgan fingerprint density at radius 1 is 0.644 bits per heavy atom. The second kappa shape index (κ2) is 10.9. The normalized spacial score (nSPS) is 11.9. The van der Waals surface area contributed by atoms with E-state index in [0.717, 1.165) is 55.7 Å². The number of nitrogens with zero attached hydrogens (tertiary/aromatic N) is 4. The molecule has 0 saturated carbocycles. The van der Waals surface area contributed by atoms with Crippen LogP contribution in [0.1, 0.15) is 17.1 Å². The lowest BCUT2D eigenvalue weighted by Crippen LogP contribution is -2.04. The van der Waals surface area contributed by atoms with E-state index in [1.165, 1.54) is 10.8 Å². The van der Waals surface area contributed by atoms with Crippen molar-refractivity contribution in [1.29, 1.82) is 0 Å². The first-order valence-corrected chi connectivity index (χ1v) is 14.9. The van der Waals surface area contributed by atoms with E-state index in [0.29, 0.717) is 17.5 Å². The molecule has 5 aromatic carbocycles. The fourth-order valence-corrected chi connectivity index (χ4v) is 6.20. The first-order valence-electron chi connectivity index (χ1n) is 14.9. The van der Waals surface area contributed by atoms with Crippen molar-refractivity contribution >= 4 is 38.3 Å². The Hall–Kier alpha value is -6.07. The molecule has 3 aromatic heterocycles. The molecule has 0 aliphatic rings. The minimum absolute atomic E-state index is 0.555. The van der Waals surface area contributed by atoms with Crippen LogP contribution in [0.3, 0.4) is 0 Å². The van der Waals surface area contributed by atoms with E-state index in [4.69, 9.17) is 19.4 Å². The molecule has 0 atom stereocenters. The van der Waals surface area contributed by atoms with Gasteiger partial charge in [-0.15, -0.1) is 0 Å². The quantitative estimate of drug-likeness (QED) is 0.184. The van der Waals surface area contributed by atoms with Crippen molar-refractivity contribution in [2.75, 3.05) is 0 Å². The summed E-state index contributed by atoms with van der Waals surface area (Å²) < 4.78 is 8.78. The van der Waals surface area contributed by atoms with E-state index >= 15 is 0 Å². The van der Waals surface area contributed by atoms with Gasteiger partial charge in [0, 0.05) is 50.2 Å². The number of aromatic nitrogens is 4. The van der Waals surface area contributed by atoms with Crippen molar-refractivity contribution in [3.8, 4) is 28.5 Å². The molecular formula is C40H28N4O. The smallest absolute Gasteiger partial charge is 0.164 e. The maximum Gasteiger partial charge on any atom is 0.164 e. The van der Waals surface area contributed by atoms with Gasteiger partial charge in [-0.25, -0.2) is 15.0 Å². The Labute approximate surface area is 260 Å². The predicted octanol–water partition coefficient (Wildman–Crippen LogP) is 9.98. The van der Waals surface area contributed by atoms with Gasteiger partial charge in [0.25, 0.3) is 0 Å². The predicted molar refractivity (Wildman–Crippen MR) is 183 cm³/mol. The van der Waals surface area contributed by atoms with E-state index in [1.54, 1.807) is 6.08 Å². The first-order chi connectivity index (χ1) is 22.2. The van der Waals surface area contributed by atoms with Crippen molar-refractivity contribution in [2.45, 2.75) is 6.92 Å². The molecule has 0 saturated heterocycles. The van der Waals surface area contributed by atoms with Crippen LogP contribution in [0.25, 0.3) is 66.8 Å². The minimum Gasteiger partial charge on any atom is -0.461 e. The summed E-state index contributed by atoms with van der Waals surface area (Å²) in [5.41, 5.74) is 7.72. The lowest BCUT2D eigenvalue weighted by Gasteiger charge is -2.11. The van der Waals surface area contributed by atoms with Gasteiger partial charge in [0.1, 0.15) is 11.3 Å². The van der Waals surface area contributed by atoms with Gasteiger partial charge in [-0.2, -0.15) is 0 Å². The van der Waals surface area contributed by atoms with Crippen LogP contribution in [0, 0.1) is 6.92 Å². The third-order valence-electron chi connectivity index (χ3n) is 8.18. The number of para-hydroxylation sites is 2. The molecule has 8 rings (SSSR count). The van der Waals surface area contributed by atoms with E-state index in [1.807, 2.05) is 73.7 Å². The number of furan rings is 1. The van der Waals surface area contributed by atoms with E-state index in [-0.39, 0.29) is 0 Å². The third-order valence-corrected chi connectivity index (χ3v) is 8.18. The molecule has 0 unspecified atom stereocenters. The highest BCUT2D eigenvalue weighted by atomic mass is 16.3. The van der Waals surface area contributed by atoms with Crippen LogP contribution in [0.5, 0.6) is 0 Å². The molecule has 214 valence electrons. The standard InChI is InChI=1S/C40H28N4O/c1-3-14-33(40-42-38(27-15-6-4-7-16-27)41-39(43-40)28-17-8-5-9-18-28)37-26(2)45-36-25-29(23-24-32(36)37)44-34-21-12-10-19-30(34)31-20-11-13-22-35(31)44/h3-25H,1H2,2H3/b33-14+. The fraction of sp³-hybridized carbons (Fsp3) is 0.0250. The molecule has 0 aliphatic carbocycles. The molecule has 0 spiro atoms. The van der Waals surface area contributed by atoms with Crippen LogP contribution in [-0.4, -0.2) is 19.5 Å². The van der Waals surface area contributed by atoms with Crippen molar-refractivity contribution in [3.63, 3.8) is 0 Å². The Balaban J connectivity index is 1.32. The maximum absolute atomic E-state index is 6.48. The summed E-state index contributed by atoms with van der Waals surface area (Å²) in [6.45, 7) is 6.02. The number of rotatable bonds is 6. The van der Waals surface area contributed by atoms with Gasteiger partial charge in [0.05, 0.1) is 11.0 Å². The van der Waals surface area contributed by atoms with Crippen molar-refractivity contribution < 1.29 is 4.42 Å². The van der Waals surface area contributed by atoms with Gasteiger partial charge < -0.3 is 8.98 Å². The zero-order valence-corrected chi connectivity index (χ0v) is 24.7. The van der Waals surface area contributed by atoms with E-state index in [9.17, 15) is 0 Å². The molecule has 0 N–H and O–H groups in total. The minimum atomic E-state index is 0.555. The first kappa shape index (κ1) is 26.5. The van der Waals surface area contributed by atoms with Gasteiger partial charge in [0.15, 0.2) is 17.5 Å². The number of aryl methyl sites for hydroxylation is 1. The van der Waals surface area contributed by atoms with Gasteiger partial charge >= 0.3 is 0 Å². The average molecular weight is 581 g/mol. The number of fused-ring (bicyclic) bond motifs is 4. The number of hydrogen-bond acceptors (Lipinski definition) is 4. The highest BCUT2D eigenvalue weighted by Crippen LogP contribution is 2.38. The summed E-state index contributed by atoms with van der Waals surface area (Å²) in [5, 5.41) is 3.42. The summed E-state index contributed by atoms with van der Waals surface area (Å²) in [6, 6.07) is 43.4. The van der Waals surface area contributed by atoms with Crippen LogP contribution in [-0.2, 0) is 0 Å². The summed E-state index contributed by atoms with van der Waals surface area (Å²) >= 11 is 0. The summed E-state index contributed by atoms with van der Waals surface area (Å²) in [5.74, 6) is 2.54. The Morgan fingerprint density at radius 3 is 1.78 bits per heavy atom. The summed E-state index contributed by atoms with van der Waals surface area (Å²) in [6.07, 6.45) is 3.73. The fourth-order valence-electron chi connectivity index (χ4n) is 6.20. The molecule has 0 aliphatic heterocycles. The Morgan fingerprint density at radius 2 is 1.20 bits per heavy atom. The molecule has 45 heavy (non-hydrogen) atoms. The Bertz CT molecular complexity index is 2290. The zero-order chi connectivity index (χ0) is 30.3. The number of hydrogen-bond donors (Lipinski definition) is 0. The van der Waals surface area contributed by atoms with Crippen molar-refractivity contribution in [2.24, 2.45) is 0 Å². The SMILES string of the molecule is C=C/C=C(/c1nc(-c2ccccc2)nc(-c2ccccc2)n1)c1c(C)oc2cc(-n3c4ccccc4c4ccccc43)ccc12. The van der Waals surface area contributed by atoms with Crippen molar-refractivity contribution in [3.05, 3.63) is 163 Å². The lowest BCUT2D eigenvalue weighted by molar-refractivity contribution is 0.577. The van der Waals surface area contributed by atoms with Crippen molar-refractivity contribution in [1.82, 2.24) is 19.5 Å². The molecule has 3 heterocycles. The maximum atomic E-state index is 6.48. The third kappa shape index (κ3) is 4.53. The van der Waals surface area contributed by atoms with Crippen LogP contribution in [0.4, 0.5) is 0 Å². The topological polar surface area (TPSA) is 56.7 Å². The van der Waals surface area contributed by atoms with Gasteiger partial charge in [-0.3, -0.25) is 0 Å². The van der Waals surface area contributed by atoms with Crippen LogP contribution in [0.2, 0.25) is 0 Å². The molecule has 8 aromatic rings. The van der Waals surface area contributed by atoms with Gasteiger partial charge in [-0.1, -0.05) is 116 Å². The molecule has 5 nitrogen and oxygen atoms in total. The summed E-state index contributed by atoms with van der Waals surface area (Å²) in [7, 11) is 0. The van der Waals surface area contributed by atoms with E-state index in [2.05, 4.69) is 77.9 Å². The monoisotopic (exact) mass is 580 g/mol. The van der Waals surface area contributed by atoms with Crippen LogP contribution >= 0.6 is 0 Å². The summed E-state index contributed by atoms with van der Waals surface area (Å²) in [4.78, 5) is 14.9. The average Bonchev–Trinajstić information content (AvgIpc) is 3.61. The van der Waals surface area contributed by atoms with Crippen LogP contribution < -0.4 is 0 Å². The van der Waals surface area contributed by atoms with Crippen LogP contribution in [0.15, 0.2) is 151 Å². The highest BCUT2D eigenvalue weighted by Gasteiger charge is 2.22. The Kier molecular flexibility index (Phi) is 6.42.